The molecule has 1 heterocycles. The summed E-state index contributed by atoms with van der Waals surface area (Å²) in [5, 5.41) is 27.1. The molecule has 1 N–H and O–H groups in total. The van der Waals surface area contributed by atoms with Gasteiger partial charge in [-0.3, -0.25) is 4.79 Å². The molecule has 0 atom stereocenters. The van der Waals surface area contributed by atoms with Crippen molar-refractivity contribution >= 4 is 49.0 Å². The number of nitrogens with zero attached hydrogens (tertiary/aromatic N) is 2. The van der Waals surface area contributed by atoms with Crippen LogP contribution in [0.2, 0.25) is 0 Å². The number of aliphatic hydroxyl groups excluding tert-OH is 1. The summed E-state index contributed by atoms with van der Waals surface area (Å²) in [5.41, 5.74) is 3.07. The number of rotatable bonds is 7. The zero-order valence-electron chi connectivity index (χ0n) is 23.2. The molecule has 0 bridgehead atoms. The second-order valence-electron chi connectivity index (χ2n) is 9.96. The van der Waals surface area contributed by atoms with Crippen molar-refractivity contribution in [2.75, 3.05) is 0 Å². The standard InChI is InChI=1S/C20H13N2.C13H24O2.Ir/c1-11-9-13-5-3-7-15-16-8-4-6-14-12(2)21-22-20(19(14)16)17(10-11)18(13)15;1-5-10(6-2)12(14)9-13(15)11(7-3)8-4;/h3-9H,1-2H3;9-11,14H,5-8H2,1-4H3;/q-1;;/b;12-9-;. The summed E-state index contributed by atoms with van der Waals surface area (Å²) in [6.45, 7) is 12.2. The first-order valence-corrected chi connectivity index (χ1v) is 13.5. The Morgan fingerprint density at radius 1 is 0.868 bits per heavy atom. The van der Waals surface area contributed by atoms with Crippen LogP contribution < -0.4 is 0 Å². The van der Waals surface area contributed by atoms with Gasteiger partial charge in [0, 0.05) is 43.5 Å². The first-order valence-electron chi connectivity index (χ1n) is 13.5. The number of allylic oxidation sites excluding steroid dienone is 2. The van der Waals surface area contributed by atoms with E-state index in [-0.39, 0.29) is 43.5 Å². The molecular weight excluding hydrogens is 649 g/mol. The number of fused-ring (bicyclic) bond motifs is 2. The van der Waals surface area contributed by atoms with E-state index < -0.39 is 0 Å². The summed E-state index contributed by atoms with van der Waals surface area (Å²) in [6, 6.07) is 18.6. The van der Waals surface area contributed by atoms with Gasteiger partial charge in [0.2, 0.25) is 0 Å². The van der Waals surface area contributed by atoms with Crippen LogP contribution in [0, 0.1) is 31.7 Å². The first kappa shape index (κ1) is 29.7. The quantitative estimate of drug-likeness (QED) is 0.0612. The zero-order valence-corrected chi connectivity index (χ0v) is 25.6. The summed E-state index contributed by atoms with van der Waals surface area (Å²) in [5.74, 6) is 0.547. The fourth-order valence-corrected chi connectivity index (χ4v) is 5.42. The summed E-state index contributed by atoms with van der Waals surface area (Å²) < 4.78 is 0. The Hall–Kier alpha value is -2.88. The van der Waals surface area contributed by atoms with Gasteiger partial charge in [-0.1, -0.05) is 81.8 Å². The van der Waals surface area contributed by atoms with Crippen LogP contribution in [0.3, 0.4) is 0 Å². The minimum atomic E-state index is 0. The second kappa shape index (κ2) is 12.8. The number of carbonyl (C=O) groups is 1. The van der Waals surface area contributed by atoms with Gasteiger partial charge < -0.3 is 5.11 Å². The number of aliphatic hydroxyl groups is 1. The predicted molar refractivity (Wildman–Crippen MR) is 155 cm³/mol. The third-order valence-electron chi connectivity index (χ3n) is 7.64. The molecule has 0 saturated heterocycles. The van der Waals surface area contributed by atoms with Crippen LogP contribution in [0.1, 0.15) is 64.6 Å². The molecule has 5 rings (SSSR count). The number of ketones is 1. The normalized spacial score (nSPS) is 11.9. The van der Waals surface area contributed by atoms with Crippen LogP contribution in [0.25, 0.3) is 43.2 Å². The minimum absolute atomic E-state index is 0. The molecule has 0 amide bonds. The fourth-order valence-electron chi connectivity index (χ4n) is 5.42. The average molecular weight is 686 g/mol. The van der Waals surface area contributed by atoms with Gasteiger partial charge in [-0.15, -0.1) is 28.5 Å². The van der Waals surface area contributed by atoms with Gasteiger partial charge in [0.15, 0.2) is 5.78 Å². The van der Waals surface area contributed by atoms with Gasteiger partial charge in [-0.25, -0.2) is 5.10 Å². The van der Waals surface area contributed by atoms with E-state index in [0.717, 1.165) is 47.8 Å². The van der Waals surface area contributed by atoms with E-state index in [4.69, 9.17) is 0 Å². The van der Waals surface area contributed by atoms with Crippen molar-refractivity contribution in [1.29, 1.82) is 0 Å². The van der Waals surface area contributed by atoms with Crippen molar-refractivity contribution in [2.24, 2.45) is 11.8 Å². The molecule has 0 unspecified atom stereocenters. The molecule has 5 aromatic rings. The Bertz CT molecular complexity index is 1580. The maximum absolute atomic E-state index is 11.7. The number of hydrogen-bond donors (Lipinski definition) is 1. The molecule has 1 aromatic heterocycles. The van der Waals surface area contributed by atoms with Crippen molar-refractivity contribution in [2.45, 2.75) is 67.2 Å². The van der Waals surface area contributed by atoms with Gasteiger partial charge in [-0.05, 0) is 48.8 Å². The molecular formula is C33H37IrN2O2-. The van der Waals surface area contributed by atoms with Crippen LogP contribution in [-0.2, 0) is 24.9 Å². The van der Waals surface area contributed by atoms with Gasteiger partial charge in [0.25, 0.3) is 0 Å². The smallest absolute Gasteiger partial charge is 0.162 e. The molecule has 4 nitrogen and oxygen atoms in total. The Labute approximate surface area is 239 Å². The third kappa shape index (κ3) is 5.60. The van der Waals surface area contributed by atoms with Crippen LogP contribution in [0.5, 0.6) is 0 Å². The SMILES string of the molecule is CCC(CC)C(=O)/C=C(\O)C(CC)CC.Cc1[c-]c2c3nnc(C)c4cccc(c5cccc(c1)c25)c43.[Ir]. The number of benzene rings is 4. The molecule has 4 aromatic carbocycles. The summed E-state index contributed by atoms with van der Waals surface area (Å²) >= 11 is 0. The molecule has 1 radical (unpaired) electrons. The molecule has 0 aliphatic heterocycles. The van der Waals surface area contributed by atoms with E-state index in [2.05, 4.69) is 65.7 Å². The average Bonchev–Trinajstić information content (AvgIpc) is 2.89. The van der Waals surface area contributed by atoms with Crippen LogP contribution >= 0.6 is 0 Å². The van der Waals surface area contributed by atoms with Crippen LogP contribution in [0.4, 0.5) is 0 Å². The minimum Gasteiger partial charge on any atom is -0.512 e. The van der Waals surface area contributed by atoms with Crippen molar-refractivity contribution in [3.63, 3.8) is 0 Å². The van der Waals surface area contributed by atoms with Crippen LogP contribution in [-0.4, -0.2) is 21.1 Å². The van der Waals surface area contributed by atoms with E-state index in [1.54, 1.807) is 0 Å². The van der Waals surface area contributed by atoms with Crippen molar-refractivity contribution in [3.8, 4) is 0 Å². The van der Waals surface area contributed by atoms with Gasteiger partial charge in [0.1, 0.15) is 0 Å². The zero-order chi connectivity index (χ0) is 26.7. The van der Waals surface area contributed by atoms with Gasteiger partial charge >= 0.3 is 0 Å². The molecule has 201 valence electrons. The molecule has 38 heavy (non-hydrogen) atoms. The first-order chi connectivity index (χ1) is 17.8. The second-order valence-corrected chi connectivity index (χ2v) is 9.96. The topological polar surface area (TPSA) is 63.1 Å². The van der Waals surface area contributed by atoms with Crippen LogP contribution in [0.15, 0.2) is 54.3 Å². The van der Waals surface area contributed by atoms with E-state index in [1.807, 2.05) is 34.6 Å². The molecule has 0 aliphatic carbocycles. The number of aromatic nitrogens is 2. The Balaban J connectivity index is 0.000000223. The Morgan fingerprint density at radius 2 is 1.45 bits per heavy atom. The van der Waals surface area contributed by atoms with E-state index in [0.29, 0.717) is 0 Å². The fraction of sp³-hybridized carbons (Fsp3) is 0.364. The molecule has 0 spiro atoms. The largest absolute Gasteiger partial charge is 0.512 e. The number of carbonyl (C=O) groups excluding carboxylic acids is 1. The monoisotopic (exact) mass is 686 g/mol. The Morgan fingerprint density at radius 3 is 2.08 bits per heavy atom. The summed E-state index contributed by atoms with van der Waals surface area (Å²) in [4.78, 5) is 11.7. The molecule has 0 saturated carbocycles. The van der Waals surface area contributed by atoms with Crippen molar-refractivity contribution in [3.05, 3.63) is 71.6 Å². The summed E-state index contributed by atoms with van der Waals surface area (Å²) in [6.07, 6.45) is 4.91. The number of aryl methyl sites for hydroxylation is 2. The third-order valence-corrected chi connectivity index (χ3v) is 7.64. The maximum atomic E-state index is 11.7. The number of hydrogen-bond acceptors (Lipinski definition) is 4. The van der Waals surface area contributed by atoms with Crippen molar-refractivity contribution < 1.29 is 30.0 Å². The van der Waals surface area contributed by atoms with E-state index in [1.165, 1.54) is 38.4 Å². The molecule has 5 heteroatoms. The molecule has 0 aliphatic rings. The van der Waals surface area contributed by atoms with E-state index >= 15 is 0 Å². The van der Waals surface area contributed by atoms with Crippen molar-refractivity contribution in [1.82, 2.24) is 10.2 Å². The molecule has 0 fully saturated rings. The van der Waals surface area contributed by atoms with Gasteiger partial charge in [-0.2, -0.15) is 5.10 Å². The summed E-state index contributed by atoms with van der Waals surface area (Å²) in [7, 11) is 0. The van der Waals surface area contributed by atoms with Gasteiger partial charge in [0.05, 0.1) is 11.5 Å². The Kier molecular flexibility index (Phi) is 9.98. The predicted octanol–water partition coefficient (Wildman–Crippen LogP) is 8.81. The maximum Gasteiger partial charge on any atom is 0.162 e. The van der Waals surface area contributed by atoms with E-state index in [9.17, 15) is 9.90 Å².